The number of carbonyl (C=O) groups excluding carboxylic acids is 1. The minimum atomic E-state index is -1.07. The second kappa shape index (κ2) is 11.1. The quantitative estimate of drug-likeness (QED) is 0.278. The van der Waals surface area contributed by atoms with Crippen molar-refractivity contribution in [2.75, 3.05) is 0 Å². The van der Waals surface area contributed by atoms with Gasteiger partial charge in [0, 0.05) is 12.4 Å². The van der Waals surface area contributed by atoms with Crippen LogP contribution in [0.5, 0.6) is 0 Å². The molecule has 0 aromatic heterocycles. The van der Waals surface area contributed by atoms with E-state index in [-0.39, 0.29) is 41.9 Å². The van der Waals surface area contributed by atoms with Crippen LogP contribution in [0.1, 0.15) is 32.1 Å². The fourth-order valence-electron chi connectivity index (χ4n) is 2.16. The topological polar surface area (TPSA) is 80.6 Å². The Balaban J connectivity index is 0.00000400. The first-order valence-electron chi connectivity index (χ1n) is 6.89. The van der Waals surface area contributed by atoms with Crippen LogP contribution in [0.3, 0.4) is 0 Å². The molecule has 1 aliphatic rings. The van der Waals surface area contributed by atoms with Gasteiger partial charge in [-0.25, -0.2) is 0 Å². The maximum atomic E-state index is 10.3. The molecule has 4 nitrogen and oxygen atoms in total. The van der Waals surface area contributed by atoms with Gasteiger partial charge in [0.2, 0.25) is 0 Å². The molecule has 21 heavy (non-hydrogen) atoms. The number of carboxylic acids is 1. The van der Waals surface area contributed by atoms with E-state index in [1.54, 1.807) is 12.2 Å². The van der Waals surface area contributed by atoms with E-state index < -0.39 is 18.2 Å². The fourth-order valence-corrected chi connectivity index (χ4v) is 2.16. The van der Waals surface area contributed by atoms with Crippen molar-refractivity contribution >= 4 is 5.97 Å². The van der Waals surface area contributed by atoms with Crippen molar-refractivity contribution in [1.82, 2.24) is 0 Å². The number of hydrogen-bond acceptors (Lipinski definition) is 4. The maximum Gasteiger partial charge on any atom is 1.00 e. The minimum absolute atomic E-state index is 0. The number of rotatable bonds is 9. The summed E-state index contributed by atoms with van der Waals surface area (Å²) in [5.74, 6) is 1.86. The second-order valence-corrected chi connectivity index (χ2v) is 5.14. The number of carboxylic acid groups (broad SMARTS) is 1. The predicted octanol–water partition coefficient (Wildman–Crippen LogP) is -2.60. The van der Waals surface area contributed by atoms with Crippen molar-refractivity contribution in [1.29, 1.82) is 0 Å². The van der Waals surface area contributed by atoms with Gasteiger partial charge in [0.05, 0.1) is 12.2 Å². The predicted molar refractivity (Wildman–Crippen MR) is 74.2 cm³/mol. The summed E-state index contributed by atoms with van der Waals surface area (Å²) in [4.78, 5) is 10.3. The van der Waals surface area contributed by atoms with Crippen LogP contribution in [0.2, 0.25) is 0 Å². The Morgan fingerprint density at radius 1 is 1.43 bits per heavy atom. The average Bonchev–Trinajstić information content (AvgIpc) is 3.14. The van der Waals surface area contributed by atoms with Crippen LogP contribution in [-0.4, -0.2) is 28.4 Å². The third-order valence-electron chi connectivity index (χ3n) is 3.40. The Hall–Kier alpha value is -0.570. The van der Waals surface area contributed by atoms with Gasteiger partial charge in [-0.2, -0.15) is 0 Å². The number of carbonyl (C=O) groups is 1. The van der Waals surface area contributed by atoms with Crippen LogP contribution in [0.15, 0.2) is 24.3 Å². The van der Waals surface area contributed by atoms with E-state index in [0.717, 1.165) is 6.42 Å². The summed E-state index contributed by atoms with van der Waals surface area (Å²) in [6, 6.07) is 0. The van der Waals surface area contributed by atoms with E-state index in [0.29, 0.717) is 25.2 Å². The molecule has 0 saturated heterocycles. The number of hydrogen-bond donors (Lipinski definition) is 2. The number of aliphatic hydroxyl groups is 2. The molecule has 0 aromatic rings. The van der Waals surface area contributed by atoms with Gasteiger partial charge in [0.15, 0.2) is 0 Å². The molecular weight excluding hydrogens is 279 g/mol. The molecule has 5 heteroatoms. The van der Waals surface area contributed by atoms with Gasteiger partial charge in [-0.15, -0.1) is 12.3 Å². The monoisotopic (exact) mass is 300 g/mol. The smallest absolute Gasteiger partial charge is 0.550 e. The zero-order valence-electron chi connectivity index (χ0n) is 12.4. The van der Waals surface area contributed by atoms with E-state index in [9.17, 15) is 20.1 Å². The first kappa shape index (κ1) is 20.4. The number of aliphatic hydroxyl groups excluding tert-OH is 2. The summed E-state index contributed by atoms with van der Waals surface area (Å²) < 4.78 is 0. The average molecular weight is 300 g/mol. The van der Waals surface area contributed by atoms with E-state index in [4.69, 9.17) is 6.42 Å². The molecule has 4 atom stereocenters. The van der Waals surface area contributed by atoms with Crippen LogP contribution in [0.25, 0.3) is 0 Å². The van der Waals surface area contributed by atoms with Crippen LogP contribution >= 0.6 is 0 Å². The van der Waals surface area contributed by atoms with Gasteiger partial charge in [0.25, 0.3) is 0 Å². The van der Waals surface area contributed by atoms with Crippen LogP contribution in [0, 0.1) is 24.2 Å². The van der Waals surface area contributed by atoms with Crippen LogP contribution in [0.4, 0.5) is 0 Å². The zero-order chi connectivity index (χ0) is 15.0. The number of allylic oxidation sites excluding steroid dienone is 3. The van der Waals surface area contributed by atoms with Gasteiger partial charge >= 0.3 is 29.6 Å². The molecular formula is C16H21NaO4. The van der Waals surface area contributed by atoms with Gasteiger partial charge in [-0.05, 0) is 37.5 Å². The molecule has 0 bridgehead atoms. The Bertz CT molecular complexity index is 411. The van der Waals surface area contributed by atoms with Crippen molar-refractivity contribution in [2.24, 2.45) is 11.8 Å². The standard InChI is InChI=1S/C16H22O4.Na/c1-2-6-13(17)8-4-3-7-12-11-14(12)15(18)9-5-10-16(19)20;/h1,3-4,7-8,12-15,17-18H,5-6,9-11H2,(H,19,20);/q;+1/p-1/b7-3+,8-4+;/t12?,13-,14?,15+;/m1./s1. The van der Waals surface area contributed by atoms with E-state index in [1.807, 2.05) is 12.2 Å². The Morgan fingerprint density at radius 3 is 2.76 bits per heavy atom. The van der Waals surface area contributed by atoms with Crippen molar-refractivity contribution < 1.29 is 49.7 Å². The fraction of sp³-hybridized carbons (Fsp3) is 0.562. The van der Waals surface area contributed by atoms with E-state index in [1.165, 1.54) is 0 Å². The molecule has 0 aliphatic heterocycles. The molecule has 1 aliphatic carbocycles. The summed E-state index contributed by atoms with van der Waals surface area (Å²) in [5, 5.41) is 29.5. The minimum Gasteiger partial charge on any atom is -0.550 e. The molecule has 1 rings (SSSR count). The molecule has 1 fully saturated rings. The summed E-state index contributed by atoms with van der Waals surface area (Å²) in [5.41, 5.74) is 0. The zero-order valence-corrected chi connectivity index (χ0v) is 14.4. The molecule has 0 amide bonds. The molecule has 0 aromatic carbocycles. The van der Waals surface area contributed by atoms with Crippen LogP contribution in [-0.2, 0) is 4.79 Å². The summed E-state index contributed by atoms with van der Waals surface area (Å²) in [7, 11) is 0. The Kier molecular flexibility index (Phi) is 10.8. The van der Waals surface area contributed by atoms with Crippen molar-refractivity contribution in [3.63, 3.8) is 0 Å². The molecule has 2 N–H and O–H groups in total. The van der Waals surface area contributed by atoms with Gasteiger partial charge in [-0.3, -0.25) is 0 Å². The van der Waals surface area contributed by atoms with Crippen molar-refractivity contribution in [2.45, 2.75) is 44.3 Å². The molecule has 1 saturated carbocycles. The van der Waals surface area contributed by atoms with E-state index >= 15 is 0 Å². The molecule has 2 unspecified atom stereocenters. The first-order chi connectivity index (χ1) is 9.54. The van der Waals surface area contributed by atoms with Gasteiger partial charge in [-0.1, -0.05) is 24.3 Å². The van der Waals surface area contributed by atoms with Gasteiger partial charge < -0.3 is 20.1 Å². The maximum absolute atomic E-state index is 10.3. The SMILES string of the molecule is C#CC[C@@H](O)/C=C/C=C/C1CC1[C@@H](O)CCCC(=O)[O-].[Na+]. The summed E-state index contributed by atoms with van der Waals surface area (Å²) in [6.45, 7) is 0. The number of terminal acetylenes is 1. The van der Waals surface area contributed by atoms with Gasteiger partial charge in [0.1, 0.15) is 0 Å². The largest absolute Gasteiger partial charge is 1.00 e. The normalized spacial score (nSPS) is 23.5. The number of aliphatic carboxylic acids is 1. The molecule has 0 heterocycles. The third-order valence-corrected chi connectivity index (χ3v) is 3.40. The molecule has 0 radical (unpaired) electrons. The molecule has 110 valence electrons. The summed E-state index contributed by atoms with van der Waals surface area (Å²) in [6.07, 6.45) is 13.4. The Morgan fingerprint density at radius 2 is 2.14 bits per heavy atom. The Labute approximate surface area is 148 Å². The van der Waals surface area contributed by atoms with Crippen LogP contribution < -0.4 is 34.7 Å². The first-order valence-corrected chi connectivity index (χ1v) is 6.89. The van der Waals surface area contributed by atoms with Crippen molar-refractivity contribution in [3.8, 4) is 12.3 Å². The second-order valence-electron chi connectivity index (χ2n) is 5.14. The van der Waals surface area contributed by atoms with E-state index in [2.05, 4.69) is 5.92 Å². The summed E-state index contributed by atoms with van der Waals surface area (Å²) >= 11 is 0. The van der Waals surface area contributed by atoms with Crippen molar-refractivity contribution in [3.05, 3.63) is 24.3 Å². The molecule has 0 spiro atoms. The third kappa shape index (κ3) is 9.13.